The SMILES string of the molecule is C[C@@H](N[C@H](C)c1nnc2n1CCCC2)C(=O)NCc1cccs1. The van der Waals surface area contributed by atoms with E-state index >= 15 is 0 Å². The Labute approximate surface area is 140 Å². The van der Waals surface area contributed by atoms with E-state index in [0.717, 1.165) is 29.5 Å². The van der Waals surface area contributed by atoms with E-state index in [-0.39, 0.29) is 18.0 Å². The number of carbonyl (C=O) groups is 1. The molecule has 1 aliphatic rings. The van der Waals surface area contributed by atoms with Crippen LogP contribution < -0.4 is 10.6 Å². The summed E-state index contributed by atoms with van der Waals surface area (Å²) >= 11 is 1.65. The van der Waals surface area contributed by atoms with Crippen LogP contribution in [0.15, 0.2) is 17.5 Å². The number of fused-ring (bicyclic) bond motifs is 1. The summed E-state index contributed by atoms with van der Waals surface area (Å²) < 4.78 is 2.19. The van der Waals surface area contributed by atoms with Crippen molar-refractivity contribution >= 4 is 17.2 Å². The fourth-order valence-electron chi connectivity index (χ4n) is 2.92. The monoisotopic (exact) mass is 333 g/mol. The lowest BCUT2D eigenvalue weighted by atomic mass is 10.1. The summed E-state index contributed by atoms with van der Waals surface area (Å²) in [5.41, 5.74) is 0. The molecule has 2 atom stereocenters. The Kier molecular flexibility index (Phi) is 5.07. The van der Waals surface area contributed by atoms with Gasteiger partial charge in [0.05, 0.1) is 18.6 Å². The summed E-state index contributed by atoms with van der Waals surface area (Å²) in [6, 6.07) is 3.73. The molecule has 23 heavy (non-hydrogen) atoms. The van der Waals surface area contributed by atoms with Gasteiger partial charge in [-0.05, 0) is 38.1 Å². The minimum absolute atomic E-state index is 0.00293. The van der Waals surface area contributed by atoms with Crippen molar-refractivity contribution in [2.45, 2.75) is 58.3 Å². The maximum absolute atomic E-state index is 12.2. The zero-order valence-corrected chi connectivity index (χ0v) is 14.4. The Balaban J connectivity index is 1.55. The van der Waals surface area contributed by atoms with Gasteiger partial charge in [0.25, 0.3) is 0 Å². The van der Waals surface area contributed by atoms with E-state index in [1.54, 1.807) is 11.3 Å². The van der Waals surface area contributed by atoms with E-state index in [9.17, 15) is 4.79 Å². The highest BCUT2D eigenvalue weighted by Crippen LogP contribution is 2.19. The van der Waals surface area contributed by atoms with E-state index in [1.807, 2.05) is 31.4 Å². The van der Waals surface area contributed by atoms with E-state index in [0.29, 0.717) is 6.54 Å². The van der Waals surface area contributed by atoms with E-state index in [4.69, 9.17) is 0 Å². The second-order valence-corrected chi connectivity index (χ2v) is 7.02. The van der Waals surface area contributed by atoms with Gasteiger partial charge in [-0.1, -0.05) is 6.07 Å². The molecule has 0 bridgehead atoms. The lowest BCUT2D eigenvalue weighted by Crippen LogP contribution is -2.43. The summed E-state index contributed by atoms with van der Waals surface area (Å²) in [5, 5.41) is 16.9. The van der Waals surface area contributed by atoms with Crippen molar-refractivity contribution in [1.29, 1.82) is 0 Å². The molecule has 0 aliphatic carbocycles. The predicted molar refractivity (Wildman–Crippen MR) is 90.1 cm³/mol. The highest BCUT2D eigenvalue weighted by Gasteiger charge is 2.23. The van der Waals surface area contributed by atoms with E-state index in [1.165, 1.54) is 12.8 Å². The Morgan fingerprint density at radius 2 is 2.26 bits per heavy atom. The molecule has 7 heteroatoms. The maximum Gasteiger partial charge on any atom is 0.237 e. The number of hydrogen-bond donors (Lipinski definition) is 2. The minimum atomic E-state index is -0.276. The zero-order valence-electron chi connectivity index (χ0n) is 13.6. The molecule has 0 fully saturated rings. The Bertz CT molecular complexity index is 651. The van der Waals surface area contributed by atoms with Gasteiger partial charge in [0, 0.05) is 17.8 Å². The zero-order chi connectivity index (χ0) is 16.2. The fraction of sp³-hybridized carbons (Fsp3) is 0.562. The van der Waals surface area contributed by atoms with Gasteiger partial charge in [-0.25, -0.2) is 0 Å². The molecule has 3 rings (SSSR count). The van der Waals surface area contributed by atoms with Crippen LogP contribution in [0.4, 0.5) is 0 Å². The normalized spacial score (nSPS) is 16.6. The van der Waals surface area contributed by atoms with Gasteiger partial charge in [-0.3, -0.25) is 10.1 Å². The lowest BCUT2D eigenvalue weighted by molar-refractivity contribution is -0.123. The van der Waals surface area contributed by atoms with E-state index < -0.39 is 0 Å². The molecule has 0 saturated carbocycles. The van der Waals surface area contributed by atoms with Crippen LogP contribution >= 0.6 is 11.3 Å². The van der Waals surface area contributed by atoms with Crippen LogP contribution in [-0.2, 0) is 24.3 Å². The first-order valence-corrected chi connectivity index (χ1v) is 9.01. The number of nitrogens with zero attached hydrogens (tertiary/aromatic N) is 3. The number of nitrogens with one attached hydrogen (secondary N) is 2. The van der Waals surface area contributed by atoms with Gasteiger partial charge >= 0.3 is 0 Å². The first kappa shape index (κ1) is 16.1. The first-order valence-electron chi connectivity index (χ1n) is 8.13. The Hall–Kier alpha value is -1.73. The molecule has 124 valence electrons. The molecule has 0 aromatic carbocycles. The lowest BCUT2D eigenvalue weighted by Gasteiger charge is -2.21. The average Bonchev–Trinajstić information content (AvgIpc) is 3.21. The average molecular weight is 333 g/mol. The number of carbonyl (C=O) groups excluding carboxylic acids is 1. The number of thiophene rings is 1. The molecule has 0 unspecified atom stereocenters. The third-order valence-corrected chi connectivity index (χ3v) is 5.06. The van der Waals surface area contributed by atoms with Gasteiger partial charge < -0.3 is 9.88 Å². The minimum Gasteiger partial charge on any atom is -0.350 e. The Morgan fingerprint density at radius 3 is 3.04 bits per heavy atom. The highest BCUT2D eigenvalue weighted by molar-refractivity contribution is 7.09. The van der Waals surface area contributed by atoms with Gasteiger partial charge in [0.2, 0.25) is 5.91 Å². The quantitative estimate of drug-likeness (QED) is 0.848. The van der Waals surface area contributed by atoms with Gasteiger partial charge in [-0.2, -0.15) is 0 Å². The molecule has 2 aromatic heterocycles. The molecule has 2 aromatic rings. The highest BCUT2D eigenvalue weighted by atomic mass is 32.1. The summed E-state index contributed by atoms with van der Waals surface area (Å²) in [6.45, 7) is 5.47. The van der Waals surface area contributed by atoms with Crippen molar-refractivity contribution in [2.75, 3.05) is 0 Å². The smallest absolute Gasteiger partial charge is 0.237 e. The Morgan fingerprint density at radius 1 is 1.39 bits per heavy atom. The van der Waals surface area contributed by atoms with Crippen molar-refractivity contribution < 1.29 is 4.79 Å². The van der Waals surface area contributed by atoms with Crippen LogP contribution in [-0.4, -0.2) is 26.7 Å². The van der Waals surface area contributed by atoms with Crippen LogP contribution in [0.25, 0.3) is 0 Å². The van der Waals surface area contributed by atoms with Crippen LogP contribution in [0.5, 0.6) is 0 Å². The number of rotatable bonds is 6. The molecule has 6 nitrogen and oxygen atoms in total. The second-order valence-electron chi connectivity index (χ2n) is 5.99. The van der Waals surface area contributed by atoms with Crippen LogP contribution in [0, 0.1) is 0 Å². The first-order chi connectivity index (χ1) is 11.1. The number of aromatic nitrogens is 3. The van der Waals surface area contributed by atoms with Crippen molar-refractivity contribution in [3.8, 4) is 0 Å². The molecule has 0 radical (unpaired) electrons. The molecule has 0 spiro atoms. The van der Waals surface area contributed by atoms with Crippen molar-refractivity contribution in [2.24, 2.45) is 0 Å². The summed E-state index contributed by atoms with van der Waals surface area (Å²) in [4.78, 5) is 13.4. The summed E-state index contributed by atoms with van der Waals surface area (Å²) in [7, 11) is 0. The van der Waals surface area contributed by atoms with Crippen molar-refractivity contribution in [3.05, 3.63) is 34.0 Å². The number of hydrogen-bond acceptors (Lipinski definition) is 5. The molecule has 2 N–H and O–H groups in total. The van der Waals surface area contributed by atoms with E-state index in [2.05, 4.69) is 25.4 Å². The van der Waals surface area contributed by atoms with Crippen LogP contribution in [0.2, 0.25) is 0 Å². The predicted octanol–water partition coefficient (Wildman–Crippen LogP) is 2.03. The standard InChI is InChI=1S/C16H23N5OS/c1-11(15-20-19-14-7-3-4-8-21(14)15)18-12(2)16(22)17-10-13-6-5-9-23-13/h5-6,9,11-12,18H,3-4,7-8,10H2,1-2H3,(H,17,22)/t11-,12-/m1/s1. The summed E-state index contributed by atoms with van der Waals surface area (Å²) in [6.07, 6.45) is 3.35. The number of aryl methyl sites for hydroxylation is 1. The third-order valence-electron chi connectivity index (χ3n) is 4.19. The van der Waals surface area contributed by atoms with Gasteiger partial charge in [-0.15, -0.1) is 21.5 Å². The largest absolute Gasteiger partial charge is 0.350 e. The maximum atomic E-state index is 12.2. The van der Waals surface area contributed by atoms with Crippen LogP contribution in [0.3, 0.4) is 0 Å². The molecular weight excluding hydrogens is 310 g/mol. The van der Waals surface area contributed by atoms with Gasteiger partial charge in [0.1, 0.15) is 11.6 Å². The molecule has 3 heterocycles. The third kappa shape index (κ3) is 3.79. The molecule has 1 amide bonds. The summed E-state index contributed by atoms with van der Waals surface area (Å²) in [5.74, 6) is 2.00. The topological polar surface area (TPSA) is 71.8 Å². The fourth-order valence-corrected chi connectivity index (χ4v) is 3.56. The molecule has 0 saturated heterocycles. The molecule has 1 aliphatic heterocycles. The second kappa shape index (κ2) is 7.23. The number of amides is 1. The van der Waals surface area contributed by atoms with Crippen molar-refractivity contribution in [3.63, 3.8) is 0 Å². The molecular formula is C16H23N5OS. The van der Waals surface area contributed by atoms with Crippen molar-refractivity contribution in [1.82, 2.24) is 25.4 Å². The van der Waals surface area contributed by atoms with Crippen LogP contribution in [0.1, 0.15) is 49.3 Å². The van der Waals surface area contributed by atoms with Gasteiger partial charge in [0.15, 0.2) is 0 Å².